The molecule has 2 N–H and O–H groups in total. The molecule has 1 aromatic rings. The molecule has 0 saturated carbocycles. The van der Waals surface area contributed by atoms with E-state index in [0.717, 1.165) is 28.3 Å². The number of nitrogens with zero attached hydrogens (tertiary/aromatic N) is 1. The van der Waals surface area contributed by atoms with E-state index in [1.807, 2.05) is 18.2 Å². The SMILES string of the molecule is COc1ccc(Br)cc1CNC1=NCC(C)N1. The van der Waals surface area contributed by atoms with Crippen LogP contribution >= 0.6 is 15.9 Å². The first-order chi connectivity index (χ1) is 8.19. The van der Waals surface area contributed by atoms with Crippen LogP contribution in [0.3, 0.4) is 0 Å². The fourth-order valence-electron chi connectivity index (χ4n) is 1.72. The van der Waals surface area contributed by atoms with E-state index in [1.165, 1.54) is 0 Å². The van der Waals surface area contributed by atoms with Crippen LogP contribution in [0.1, 0.15) is 12.5 Å². The van der Waals surface area contributed by atoms with E-state index < -0.39 is 0 Å². The van der Waals surface area contributed by atoms with Crippen molar-refractivity contribution < 1.29 is 4.74 Å². The number of halogens is 1. The fraction of sp³-hybridized carbons (Fsp3) is 0.417. The number of hydrogen-bond acceptors (Lipinski definition) is 4. The molecule has 17 heavy (non-hydrogen) atoms. The van der Waals surface area contributed by atoms with Gasteiger partial charge in [-0.25, -0.2) is 0 Å². The Hall–Kier alpha value is -1.23. The van der Waals surface area contributed by atoms with Gasteiger partial charge in [-0.1, -0.05) is 15.9 Å². The molecular weight excluding hydrogens is 282 g/mol. The molecule has 0 amide bonds. The predicted octanol–water partition coefficient (Wildman–Crippen LogP) is 1.89. The Kier molecular flexibility index (Phi) is 3.89. The number of hydrogen-bond donors (Lipinski definition) is 2. The maximum Gasteiger partial charge on any atom is 0.191 e. The monoisotopic (exact) mass is 297 g/mol. The lowest BCUT2D eigenvalue weighted by Crippen LogP contribution is -2.37. The van der Waals surface area contributed by atoms with Gasteiger partial charge in [-0.15, -0.1) is 0 Å². The van der Waals surface area contributed by atoms with Gasteiger partial charge in [0.15, 0.2) is 5.96 Å². The molecule has 4 nitrogen and oxygen atoms in total. The molecule has 1 unspecified atom stereocenters. The van der Waals surface area contributed by atoms with Gasteiger partial charge < -0.3 is 15.4 Å². The maximum absolute atomic E-state index is 5.32. The topological polar surface area (TPSA) is 45.6 Å². The number of ether oxygens (including phenoxy) is 1. The second kappa shape index (κ2) is 5.40. The Balaban J connectivity index is 2.01. The first kappa shape index (κ1) is 12.2. The lowest BCUT2D eigenvalue weighted by molar-refractivity contribution is 0.409. The second-order valence-corrected chi connectivity index (χ2v) is 4.96. The van der Waals surface area contributed by atoms with Crippen LogP contribution in [-0.2, 0) is 6.54 Å². The first-order valence-corrected chi connectivity index (χ1v) is 6.35. The third kappa shape index (κ3) is 3.12. The molecule has 92 valence electrons. The van der Waals surface area contributed by atoms with E-state index in [1.54, 1.807) is 7.11 Å². The summed E-state index contributed by atoms with van der Waals surface area (Å²) in [4.78, 5) is 4.35. The molecule has 1 atom stereocenters. The molecule has 0 saturated heterocycles. The summed E-state index contributed by atoms with van der Waals surface area (Å²) in [5.41, 5.74) is 1.10. The van der Waals surface area contributed by atoms with Gasteiger partial charge >= 0.3 is 0 Å². The number of guanidine groups is 1. The van der Waals surface area contributed by atoms with Crippen molar-refractivity contribution in [3.63, 3.8) is 0 Å². The summed E-state index contributed by atoms with van der Waals surface area (Å²) in [6.07, 6.45) is 0. The smallest absolute Gasteiger partial charge is 0.191 e. The van der Waals surface area contributed by atoms with Crippen molar-refractivity contribution in [2.45, 2.75) is 19.5 Å². The van der Waals surface area contributed by atoms with Crippen LogP contribution in [0.15, 0.2) is 27.7 Å². The summed E-state index contributed by atoms with van der Waals surface area (Å²) in [6.45, 7) is 3.64. The molecule has 0 aliphatic carbocycles. The van der Waals surface area contributed by atoms with Crippen molar-refractivity contribution in [3.8, 4) is 5.75 Å². The molecule has 0 radical (unpaired) electrons. The standard InChI is InChI=1S/C12H16BrN3O/c1-8-6-14-12(16-8)15-7-9-5-10(13)3-4-11(9)17-2/h3-5,8H,6-7H2,1-2H3,(H2,14,15,16). The summed E-state index contributed by atoms with van der Waals surface area (Å²) in [7, 11) is 1.68. The Morgan fingerprint density at radius 3 is 3.06 bits per heavy atom. The van der Waals surface area contributed by atoms with E-state index in [2.05, 4.69) is 38.5 Å². The molecule has 0 bridgehead atoms. The Morgan fingerprint density at radius 1 is 1.59 bits per heavy atom. The van der Waals surface area contributed by atoms with Crippen LogP contribution in [0.2, 0.25) is 0 Å². The fourth-order valence-corrected chi connectivity index (χ4v) is 2.13. The van der Waals surface area contributed by atoms with Gasteiger partial charge in [0.05, 0.1) is 13.7 Å². The van der Waals surface area contributed by atoms with Crippen molar-refractivity contribution in [2.75, 3.05) is 13.7 Å². The van der Waals surface area contributed by atoms with Gasteiger partial charge in [-0.05, 0) is 25.1 Å². The minimum atomic E-state index is 0.418. The maximum atomic E-state index is 5.32. The zero-order valence-corrected chi connectivity index (χ0v) is 11.5. The molecule has 1 heterocycles. The van der Waals surface area contributed by atoms with E-state index in [9.17, 15) is 0 Å². The van der Waals surface area contributed by atoms with Crippen molar-refractivity contribution in [1.29, 1.82) is 0 Å². The molecule has 0 fully saturated rings. The third-order valence-electron chi connectivity index (χ3n) is 2.60. The molecule has 1 aliphatic heterocycles. The van der Waals surface area contributed by atoms with E-state index >= 15 is 0 Å². The zero-order chi connectivity index (χ0) is 12.3. The molecule has 1 aliphatic rings. The van der Waals surface area contributed by atoms with Crippen LogP contribution in [0.4, 0.5) is 0 Å². The highest BCUT2D eigenvalue weighted by molar-refractivity contribution is 9.10. The van der Waals surface area contributed by atoms with Crippen LogP contribution in [0.5, 0.6) is 5.75 Å². The normalized spacial score (nSPS) is 18.5. The van der Waals surface area contributed by atoms with Crippen molar-refractivity contribution >= 4 is 21.9 Å². The molecule has 5 heteroatoms. The van der Waals surface area contributed by atoms with E-state index in [4.69, 9.17) is 4.74 Å². The molecular formula is C12H16BrN3O. The van der Waals surface area contributed by atoms with Crippen LogP contribution in [0.25, 0.3) is 0 Å². The summed E-state index contributed by atoms with van der Waals surface area (Å²) in [5, 5.41) is 6.53. The minimum Gasteiger partial charge on any atom is -0.496 e. The van der Waals surface area contributed by atoms with Crippen molar-refractivity contribution in [3.05, 3.63) is 28.2 Å². The summed E-state index contributed by atoms with van der Waals surface area (Å²) in [5.74, 6) is 1.74. The predicted molar refractivity (Wildman–Crippen MR) is 72.4 cm³/mol. The molecule has 2 rings (SSSR count). The number of nitrogens with one attached hydrogen (secondary N) is 2. The summed E-state index contributed by atoms with van der Waals surface area (Å²) in [6, 6.07) is 6.38. The molecule has 0 spiro atoms. The second-order valence-electron chi connectivity index (χ2n) is 4.04. The van der Waals surface area contributed by atoms with Crippen molar-refractivity contribution in [1.82, 2.24) is 10.6 Å². The molecule has 0 aromatic heterocycles. The minimum absolute atomic E-state index is 0.418. The number of benzene rings is 1. The lowest BCUT2D eigenvalue weighted by atomic mass is 10.2. The van der Waals surface area contributed by atoms with Crippen LogP contribution < -0.4 is 15.4 Å². The third-order valence-corrected chi connectivity index (χ3v) is 3.09. The average molecular weight is 298 g/mol. The first-order valence-electron chi connectivity index (χ1n) is 5.56. The molecule has 1 aromatic carbocycles. The number of rotatable bonds is 3. The van der Waals surface area contributed by atoms with Crippen molar-refractivity contribution in [2.24, 2.45) is 4.99 Å². The summed E-state index contributed by atoms with van der Waals surface area (Å²) < 4.78 is 6.36. The van der Waals surface area contributed by atoms with Gasteiger partial charge in [0.1, 0.15) is 5.75 Å². The van der Waals surface area contributed by atoms with Crippen LogP contribution in [-0.4, -0.2) is 25.7 Å². The van der Waals surface area contributed by atoms with Gasteiger partial charge in [0.25, 0.3) is 0 Å². The average Bonchev–Trinajstić information content (AvgIpc) is 2.73. The Morgan fingerprint density at radius 2 is 2.41 bits per heavy atom. The summed E-state index contributed by atoms with van der Waals surface area (Å²) >= 11 is 3.46. The highest BCUT2D eigenvalue weighted by Gasteiger charge is 2.12. The Bertz CT molecular complexity index is 434. The highest BCUT2D eigenvalue weighted by Crippen LogP contribution is 2.22. The number of methoxy groups -OCH3 is 1. The quantitative estimate of drug-likeness (QED) is 0.896. The van der Waals surface area contributed by atoms with Gasteiger partial charge in [-0.3, -0.25) is 4.99 Å². The van der Waals surface area contributed by atoms with E-state index in [-0.39, 0.29) is 0 Å². The van der Waals surface area contributed by atoms with Gasteiger partial charge in [0, 0.05) is 22.6 Å². The Labute approximate surface area is 110 Å². The number of aliphatic imine (C=N–C) groups is 1. The van der Waals surface area contributed by atoms with Gasteiger partial charge in [0.2, 0.25) is 0 Å². The van der Waals surface area contributed by atoms with E-state index in [0.29, 0.717) is 12.6 Å². The zero-order valence-electron chi connectivity index (χ0n) is 9.96. The van der Waals surface area contributed by atoms with Crippen LogP contribution in [0, 0.1) is 0 Å². The lowest BCUT2D eigenvalue weighted by Gasteiger charge is -2.12. The highest BCUT2D eigenvalue weighted by atomic mass is 79.9. The van der Waals surface area contributed by atoms with Gasteiger partial charge in [-0.2, -0.15) is 0 Å². The largest absolute Gasteiger partial charge is 0.496 e.